The van der Waals surface area contributed by atoms with Crippen molar-refractivity contribution in [2.24, 2.45) is 11.3 Å². The summed E-state index contributed by atoms with van der Waals surface area (Å²) in [4.78, 5) is 51.2. The van der Waals surface area contributed by atoms with Gasteiger partial charge in [-0.15, -0.1) is 0 Å². The molecule has 0 spiro atoms. The van der Waals surface area contributed by atoms with Gasteiger partial charge >= 0.3 is 0 Å². The van der Waals surface area contributed by atoms with E-state index in [4.69, 9.17) is 11.6 Å². The van der Waals surface area contributed by atoms with Gasteiger partial charge in [-0.1, -0.05) is 32.4 Å². The Balaban J connectivity index is 1.20. The average Bonchev–Trinajstić information content (AvgIpc) is 3.39. The molecule has 6 rings (SSSR count). The summed E-state index contributed by atoms with van der Waals surface area (Å²) in [6.07, 6.45) is 7.19. The largest absolute Gasteiger partial charge is 0.343 e. The molecule has 214 valence electrons. The van der Waals surface area contributed by atoms with Gasteiger partial charge in [-0.25, -0.2) is 0 Å². The molecule has 2 aliphatic rings. The van der Waals surface area contributed by atoms with Crippen LogP contribution in [0.2, 0.25) is 5.02 Å². The van der Waals surface area contributed by atoms with E-state index >= 15 is 0 Å². The monoisotopic (exact) mass is 574 g/mol. The van der Waals surface area contributed by atoms with Crippen molar-refractivity contribution in [3.05, 3.63) is 68.9 Å². The number of fused-ring (bicyclic) bond motifs is 4. The fourth-order valence-corrected chi connectivity index (χ4v) is 6.72. The molecule has 0 bridgehead atoms. The number of halogens is 1. The van der Waals surface area contributed by atoms with E-state index in [0.29, 0.717) is 50.5 Å². The Labute approximate surface area is 243 Å². The van der Waals surface area contributed by atoms with Crippen LogP contribution in [0.15, 0.2) is 41.6 Å². The topological polar surface area (TPSA) is 115 Å². The second kappa shape index (κ2) is 10.6. The van der Waals surface area contributed by atoms with Crippen molar-refractivity contribution in [3.63, 3.8) is 0 Å². The number of aromatic amines is 2. The van der Waals surface area contributed by atoms with Crippen LogP contribution in [0.1, 0.15) is 62.6 Å². The van der Waals surface area contributed by atoms with Gasteiger partial charge in [-0.2, -0.15) is 5.10 Å². The minimum atomic E-state index is -0.472. The Kier molecular flexibility index (Phi) is 7.09. The lowest BCUT2D eigenvalue weighted by Crippen LogP contribution is -2.43. The van der Waals surface area contributed by atoms with Crippen LogP contribution in [0.25, 0.3) is 21.8 Å². The van der Waals surface area contributed by atoms with Gasteiger partial charge in [0.25, 0.3) is 5.56 Å². The van der Waals surface area contributed by atoms with Crippen LogP contribution in [0.3, 0.4) is 0 Å². The molecule has 4 aromatic rings. The first-order valence-electron chi connectivity index (χ1n) is 14.2. The summed E-state index contributed by atoms with van der Waals surface area (Å²) in [7, 11) is 0. The molecule has 1 aromatic carbocycles. The Morgan fingerprint density at radius 3 is 2.68 bits per heavy atom. The molecule has 0 saturated carbocycles. The highest BCUT2D eigenvalue weighted by Crippen LogP contribution is 2.36. The van der Waals surface area contributed by atoms with Crippen LogP contribution < -0.4 is 5.56 Å². The Bertz CT molecular complexity index is 1700. The predicted octanol–water partition coefficient (Wildman–Crippen LogP) is 4.80. The normalized spacial score (nSPS) is 18.6. The van der Waals surface area contributed by atoms with Crippen LogP contribution in [0.5, 0.6) is 0 Å². The Hall–Kier alpha value is -3.72. The third-order valence-corrected chi connectivity index (χ3v) is 8.71. The number of nitrogens with zero attached hydrogens (tertiary/aromatic N) is 4. The number of hydrogen-bond donors (Lipinski definition) is 2. The minimum absolute atomic E-state index is 0.00318. The highest BCUT2D eigenvalue weighted by Gasteiger charge is 2.36. The number of aromatic nitrogens is 4. The van der Waals surface area contributed by atoms with Crippen LogP contribution in [-0.4, -0.2) is 61.4 Å². The number of carbonyl (C=O) groups excluding carboxylic acids is 2. The maximum atomic E-state index is 13.9. The zero-order chi connectivity index (χ0) is 28.9. The molecule has 0 radical (unpaired) electrons. The Morgan fingerprint density at radius 1 is 1.15 bits per heavy atom. The molecule has 1 fully saturated rings. The van der Waals surface area contributed by atoms with Crippen molar-refractivity contribution in [3.8, 4) is 0 Å². The number of piperidine rings is 1. The minimum Gasteiger partial charge on any atom is -0.343 e. The molecular weight excluding hydrogens is 540 g/mol. The van der Waals surface area contributed by atoms with Crippen molar-refractivity contribution >= 4 is 45.2 Å². The summed E-state index contributed by atoms with van der Waals surface area (Å²) in [5.41, 5.74) is 4.14. The van der Waals surface area contributed by atoms with Crippen LogP contribution >= 0.6 is 11.6 Å². The average molecular weight is 575 g/mol. The van der Waals surface area contributed by atoms with Gasteiger partial charge in [-0.3, -0.25) is 24.5 Å². The summed E-state index contributed by atoms with van der Waals surface area (Å²) in [6.45, 7) is 8.50. The molecule has 2 N–H and O–H groups in total. The van der Waals surface area contributed by atoms with Gasteiger partial charge in [0.05, 0.1) is 28.2 Å². The van der Waals surface area contributed by atoms with Crippen molar-refractivity contribution in [1.29, 1.82) is 0 Å². The van der Waals surface area contributed by atoms with Crippen molar-refractivity contribution in [1.82, 2.24) is 30.0 Å². The molecule has 2 aliphatic heterocycles. The summed E-state index contributed by atoms with van der Waals surface area (Å²) in [5, 5.41) is 9.57. The van der Waals surface area contributed by atoms with E-state index in [1.54, 1.807) is 24.7 Å². The van der Waals surface area contributed by atoms with Gasteiger partial charge in [0.2, 0.25) is 11.8 Å². The lowest BCUT2D eigenvalue weighted by atomic mass is 9.88. The molecule has 2 amide bonds. The molecule has 41 heavy (non-hydrogen) atoms. The molecule has 1 atom stereocenters. The molecule has 3 aromatic heterocycles. The van der Waals surface area contributed by atoms with Crippen molar-refractivity contribution in [2.45, 2.75) is 58.9 Å². The molecule has 1 saturated heterocycles. The first kappa shape index (κ1) is 27.4. The van der Waals surface area contributed by atoms with Crippen LogP contribution in [0.4, 0.5) is 0 Å². The van der Waals surface area contributed by atoms with E-state index in [9.17, 15) is 14.4 Å². The van der Waals surface area contributed by atoms with Gasteiger partial charge in [0, 0.05) is 61.3 Å². The third kappa shape index (κ3) is 5.47. The van der Waals surface area contributed by atoms with Gasteiger partial charge in [-0.05, 0) is 59.9 Å². The molecule has 0 aliphatic carbocycles. The zero-order valence-electron chi connectivity index (χ0n) is 23.7. The van der Waals surface area contributed by atoms with Gasteiger partial charge in [0.1, 0.15) is 0 Å². The smallest absolute Gasteiger partial charge is 0.251 e. The number of hydrogen-bond acceptors (Lipinski definition) is 5. The first-order valence-corrected chi connectivity index (χ1v) is 14.6. The van der Waals surface area contributed by atoms with E-state index in [2.05, 4.69) is 40.9 Å². The fourth-order valence-electron chi connectivity index (χ4n) is 6.44. The van der Waals surface area contributed by atoms with Gasteiger partial charge < -0.3 is 14.8 Å². The lowest BCUT2D eigenvalue weighted by molar-refractivity contribution is -0.142. The van der Waals surface area contributed by atoms with Gasteiger partial charge in [0.15, 0.2) is 0 Å². The number of carbonyl (C=O) groups is 2. The van der Waals surface area contributed by atoms with E-state index in [1.807, 2.05) is 21.9 Å². The SMILES string of the molecule is CC(C)(C)CN1Cc2c(cc(Cl)c3[nH]ncc23)C[C@@H](CC(=O)N2CCC(c3cc4cnccc4[nH]c3=O)CC2)C1=O. The lowest BCUT2D eigenvalue weighted by Gasteiger charge is -2.34. The predicted molar refractivity (Wildman–Crippen MR) is 159 cm³/mol. The van der Waals surface area contributed by atoms with E-state index in [1.165, 1.54) is 0 Å². The molecular formula is C31H35ClN6O3. The van der Waals surface area contributed by atoms with E-state index < -0.39 is 5.92 Å². The highest BCUT2D eigenvalue weighted by atomic mass is 35.5. The van der Waals surface area contributed by atoms with E-state index in [-0.39, 0.29) is 35.1 Å². The standard InChI is InChI=1S/C31H35ClN6O3/c1-31(2,3)17-38-16-24-19(12-25(32)28-23(24)15-34-36-28)10-20(30(38)41)13-27(39)37-8-5-18(6-9-37)22-11-21-14-33-7-4-26(21)35-29(22)40/h4,7,11-12,14-15,18,20H,5-6,8-10,13,16-17H2,1-3H3,(H,34,36)(H,35,40)/t20-/m0/s1. The Morgan fingerprint density at radius 2 is 1.93 bits per heavy atom. The maximum absolute atomic E-state index is 13.9. The van der Waals surface area contributed by atoms with Crippen molar-refractivity contribution in [2.75, 3.05) is 19.6 Å². The molecule has 10 heteroatoms. The van der Waals surface area contributed by atoms with Crippen LogP contribution in [0, 0.1) is 11.3 Å². The number of amides is 2. The summed E-state index contributed by atoms with van der Waals surface area (Å²) >= 11 is 6.58. The molecule has 5 heterocycles. The van der Waals surface area contributed by atoms with Crippen molar-refractivity contribution < 1.29 is 9.59 Å². The van der Waals surface area contributed by atoms with Crippen LogP contribution in [-0.2, 0) is 22.6 Å². The summed E-state index contributed by atoms with van der Waals surface area (Å²) in [5.74, 6) is -0.419. The summed E-state index contributed by atoms with van der Waals surface area (Å²) < 4.78 is 0. The summed E-state index contributed by atoms with van der Waals surface area (Å²) in [6, 6.07) is 5.64. The first-order chi connectivity index (χ1) is 19.6. The zero-order valence-corrected chi connectivity index (χ0v) is 24.4. The number of benzene rings is 1. The number of H-pyrrole nitrogens is 2. The number of pyridine rings is 2. The third-order valence-electron chi connectivity index (χ3n) is 8.42. The number of rotatable bonds is 4. The highest BCUT2D eigenvalue weighted by molar-refractivity contribution is 6.35. The second-order valence-corrected chi connectivity index (χ2v) is 13.1. The fraction of sp³-hybridized carbons (Fsp3) is 0.452. The molecule has 0 unspecified atom stereocenters. The molecule has 9 nitrogen and oxygen atoms in total. The number of nitrogens with one attached hydrogen (secondary N) is 2. The number of likely N-dealkylation sites (tertiary alicyclic amines) is 1. The quantitative estimate of drug-likeness (QED) is 0.363. The maximum Gasteiger partial charge on any atom is 0.251 e. The van der Waals surface area contributed by atoms with E-state index in [0.717, 1.165) is 38.5 Å². The second-order valence-electron chi connectivity index (χ2n) is 12.7.